The summed E-state index contributed by atoms with van der Waals surface area (Å²) in [6.07, 6.45) is 2.87. The lowest BCUT2D eigenvalue weighted by Crippen LogP contribution is -2.51. The van der Waals surface area contributed by atoms with Gasteiger partial charge in [-0.3, -0.25) is 0 Å². The van der Waals surface area contributed by atoms with E-state index < -0.39 is 5.60 Å². The molecule has 1 atom stereocenters. The average molecular weight is 397 g/mol. The zero-order valence-electron chi connectivity index (χ0n) is 13.4. The first kappa shape index (κ1) is 18.0. The summed E-state index contributed by atoms with van der Waals surface area (Å²) in [6.45, 7) is 11.4. The second kappa shape index (κ2) is 7.29. The largest absolute Gasteiger partial charge is 0.444 e. The van der Waals surface area contributed by atoms with Gasteiger partial charge in [-0.25, -0.2) is 4.79 Å². The molecule has 118 valence electrons. The summed E-state index contributed by atoms with van der Waals surface area (Å²) >= 11 is 2.40. The molecule has 0 spiro atoms. The van der Waals surface area contributed by atoms with Gasteiger partial charge in [-0.1, -0.05) is 29.5 Å². The SMILES string of the molecule is CCC(C)OC1(CI)CCN(C(=O)OC(C)(C)C)CC1. The van der Waals surface area contributed by atoms with Gasteiger partial charge in [-0.05, 0) is 47.0 Å². The van der Waals surface area contributed by atoms with Crippen molar-refractivity contribution in [2.75, 3.05) is 17.5 Å². The Morgan fingerprint density at radius 2 is 1.90 bits per heavy atom. The van der Waals surface area contributed by atoms with Crippen LogP contribution in [0.5, 0.6) is 0 Å². The second-order valence-electron chi connectivity index (χ2n) is 6.62. The van der Waals surface area contributed by atoms with Gasteiger partial charge in [0.15, 0.2) is 0 Å². The summed E-state index contributed by atoms with van der Waals surface area (Å²) in [5.74, 6) is 0. The van der Waals surface area contributed by atoms with E-state index in [1.54, 1.807) is 4.90 Å². The Morgan fingerprint density at radius 3 is 2.30 bits per heavy atom. The Bertz CT molecular complexity index is 320. The fourth-order valence-electron chi connectivity index (χ4n) is 2.22. The minimum absolute atomic E-state index is 0.0749. The number of carbonyl (C=O) groups is 1. The van der Waals surface area contributed by atoms with E-state index in [0.717, 1.165) is 23.7 Å². The molecule has 1 aliphatic heterocycles. The topological polar surface area (TPSA) is 38.8 Å². The number of carbonyl (C=O) groups excluding carboxylic acids is 1. The molecular formula is C15H28INO3. The van der Waals surface area contributed by atoms with E-state index in [2.05, 4.69) is 36.4 Å². The summed E-state index contributed by atoms with van der Waals surface area (Å²) < 4.78 is 12.6. The Labute approximate surface area is 136 Å². The molecule has 20 heavy (non-hydrogen) atoms. The van der Waals surface area contributed by atoms with Crippen LogP contribution in [0, 0.1) is 0 Å². The molecular weight excluding hydrogens is 369 g/mol. The number of amides is 1. The molecule has 1 unspecified atom stereocenters. The van der Waals surface area contributed by atoms with Crippen molar-refractivity contribution in [1.82, 2.24) is 4.90 Å². The molecule has 5 heteroatoms. The predicted octanol–water partition coefficient (Wildman–Crippen LogP) is 4.01. The van der Waals surface area contributed by atoms with E-state index in [-0.39, 0.29) is 17.8 Å². The number of likely N-dealkylation sites (tertiary alicyclic amines) is 1. The zero-order chi connectivity index (χ0) is 15.4. The fraction of sp³-hybridized carbons (Fsp3) is 0.933. The molecule has 0 bridgehead atoms. The lowest BCUT2D eigenvalue weighted by molar-refractivity contribution is -0.101. The maximum Gasteiger partial charge on any atom is 0.410 e. The van der Waals surface area contributed by atoms with Crippen molar-refractivity contribution in [2.45, 2.75) is 71.2 Å². The molecule has 4 nitrogen and oxygen atoms in total. The van der Waals surface area contributed by atoms with Crippen LogP contribution in [0.2, 0.25) is 0 Å². The standard InChI is InChI=1S/C15H28INO3/c1-6-12(2)19-15(11-16)7-9-17(10-8-15)13(18)20-14(3,4)5/h12H,6-11H2,1-5H3. The van der Waals surface area contributed by atoms with Crippen LogP contribution < -0.4 is 0 Å². The molecule has 1 heterocycles. The highest BCUT2D eigenvalue weighted by Gasteiger charge is 2.38. The molecule has 0 N–H and O–H groups in total. The minimum atomic E-state index is -0.428. The number of nitrogens with zero attached hydrogens (tertiary/aromatic N) is 1. The smallest absolute Gasteiger partial charge is 0.410 e. The van der Waals surface area contributed by atoms with Gasteiger partial charge in [-0.15, -0.1) is 0 Å². The number of piperidine rings is 1. The van der Waals surface area contributed by atoms with Crippen molar-refractivity contribution in [3.63, 3.8) is 0 Å². The molecule has 1 fully saturated rings. The average Bonchev–Trinajstić information content (AvgIpc) is 2.37. The summed E-state index contributed by atoms with van der Waals surface area (Å²) in [5, 5.41) is 0. The maximum atomic E-state index is 12.1. The Kier molecular flexibility index (Phi) is 6.57. The van der Waals surface area contributed by atoms with Crippen molar-refractivity contribution < 1.29 is 14.3 Å². The highest BCUT2D eigenvalue weighted by Crippen LogP contribution is 2.31. The van der Waals surface area contributed by atoms with E-state index in [1.165, 1.54) is 0 Å². The van der Waals surface area contributed by atoms with E-state index in [0.29, 0.717) is 13.1 Å². The van der Waals surface area contributed by atoms with E-state index in [1.807, 2.05) is 20.8 Å². The van der Waals surface area contributed by atoms with Crippen molar-refractivity contribution in [3.05, 3.63) is 0 Å². The molecule has 1 saturated heterocycles. The Hall–Kier alpha value is -0.0400. The lowest BCUT2D eigenvalue weighted by Gasteiger charge is -2.42. The van der Waals surface area contributed by atoms with Gasteiger partial charge in [0.1, 0.15) is 5.60 Å². The number of alkyl halides is 1. The van der Waals surface area contributed by atoms with Gasteiger partial charge >= 0.3 is 6.09 Å². The third-order valence-corrected chi connectivity index (χ3v) is 4.99. The minimum Gasteiger partial charge on any atom is -0.444 e. The Morgan fingerprint density at radius 1 is 1.35 bits per heavy atom. The molecule has 0 saturated carbocycles. The first-order valence-corrected chi connectivity index (χ1v) is 8.95. The van der Waals surface area contributed by atoms with E-state index in [9.17, 15) is 4.79 Å². The van der Waals surface area contributed by atoms with Gasteiger partial charge in [0.2, 0.25) is 0 Å². The summed E-state index contributed by atoms with van der Waals surface area (Å²) in [4.78, 5) is 13.9. The second-order valence-corrected chi connectivity index (χ2v) is 7.38. The Balaban J connectivity index is 2.54. The lowest BCUT2D eigenvalue weighted by atomic mass is 9.93. The van der Waals surface area contributed by atoms with Crippen LogP contribution >= 0.6 is 22.6 Å². The molecule has 0 aromatic rings. The van der Waals surface area contributed by atoms with Crippen LogP contribution in [0.15, 0.2) is 0 Å². The molecule has 1 aliphatic rings. The van der Waals surface area contributed by atoms with Gasteiger partial charge in [0, 0.05) is 17.5 Å². The van der Waals surface area contributed by atoms with Crippen molar-refractivity contribution in [3.8, 4) is 0 Å². The molecule has 0 aromatic heterocycles. The van der Waals surface area contributed by atoms with Gasteiger partial charge in [-0.2, -0.15) is 0 Å². The van der Waals surface area contributed by atoms with Crippen LogP contribution in [0.1, 0.15) is 53.9 Å². The first-order chi connectivity index (χ1) is 9.21. The van der Waals surface area contributed by atoms with Gasteiger partial charge in [0.05, 0.1) is 11.7 Å². The van der Waals surface area contributed by atoms with Crippen LogP contribution in [-0.2, 0) is 9.47 Å². The quantitative estimate of drug-likeness (QED) is 0.532. The number of ether oxygens (including phenoxy) is 2. The number of halogens is 1. The van der Waals surface area contributed by atoms with Crippen molar-refractivity contribution in [2.24, 2.45) is 0 Å². The summed E-state index contributed by atoms with van der Waals surface area (Å²) in [6, 6.07) is 0. The molecule has 1 amide bonds. The molecule has 0 aromatic carbocycles. The maximum absolute atomic E-state index is 12.1. The van der Waals surface area contributed by atoms with Crippen molar-refractivity contribution in [1.29, 1.82) is 0 Å². The zero-order valence-corrected chi connectivity index (χ0v) is 15.5. The van der Waals surface area contributed by atoms with Crippen LogP contribution in [0.4, 0.5) is 4.79 Å². The molecule has 1 rings (SSSR count). The summed E-state index contributed by atoms with van der Waals surface area (Å²) in [7, 11) is 0. The number of hydrogen-bond donors (Lipinski definition) is 0. The fourth-order valence-corrected chi connectivity index (χ4v) is 3.16. The van der Waals surface area contributed by atoms with Crippen molar-refractivity contribution >= 4 is 28.7 Å². The van der Waals surface area contributed by atoms with Gasteiger partial charge < -0.3 is 14.4 Å². The van der Waals surface area contributed by atoms with Crippen LogP contribution in [-0.4, -0.2) is 45.8 Å². The molecule has 0 radical (unpaired) electrons. The van der Waals surface area contributed by atoms with Crippen LogP contribution in [0.25, 0.3) is 0 Å². The van der Waals surface area contributed by atoms with E-state index in [4.69, 9.17) is 9.47 Å². The number of hydrogen-bond acceptors (Lipinski definition) is 3. The van der Waals surface area contributed by atoms with E-state index >= 15 is 0 Å². The summed E-state index contributed by atoms with van der Waals surface area (Å²) in [5.41, 5.74) is -0.503. The highest BCUT2D eigenvalue weighted by molar-refractivity contribution is 14.1. The highest BCUT2D eigenvalue weighted by atomic mass is 127. The third-order valence-electron chi connectivity index (χ3n) is 3.60. The van der Waals surface area contributed by atoms with Gasteiger partial charge in [0.25, 0.3) is 0 Å². The number of rotatable bonds is 4. The predicted molar refractivity (Wildman–Crippen MR) is 89.5 cm³/mol. The first-order valence-electron chi connectivity index (χ1n) is 7.43. The molecule has 0 aliphatic carbocycles. The third kappa shape index (κ3) is 5.39. The normalized spacial score (nSPS) is 20.6. The monoisotopic (exact) mass is 397 g/mol. The van der Waals surface area contributed by atoms with Crippen LogP contribution in [0.3, 0.4) is 0 Å².